The Labute approximate surface area is 106 Å². The van der Waals surface area contributed by atoms with Gasteiger partial charge in [0.15, 0.2) is 12.2 Å². The molecule has 2 aliphatic rings. The van der Waals surface area contributed by atoms with E-state index in [0.717, 1.165) is 0 Å². The van der Waals surface area contributed by atoms with E-state index in [-0.39, 0.29) is 24.1 Å². The Morgan fingerprint density at radius 2 is 1.33 bits per heavy atom. The van der Waals surface area contributed by atoms with Gasteiger partial charge in [-0.05, 0) is 0 Å². The first-order valence-electron chi connectivity index (χ1n) is 6.27. The Kier molecular flexibility index (Phi) is 4.19. The predicted molar refractivity (Wildman–Crippen MR) is 59.8 cm³/mol. The van der Waals surface area contributed by atoms with E-state index in [4.69, 9.17) is 18.9 Å². The molecule has 6 heteroatoms. The first kappa shape index (κ1) is 13.3. The van der Waals surface area contributed by atoms with Crippen LogP contribution in [0.4, 0.5) is 0 Å². The Balaban J connectivity index is 1.90. The normalized spacial score (nSPS) is 34.1. The van der Waals surface area contributed by atoms with Crippen LogP contribution in [0.3, 0.4) is 0 Å². The van der Waals surface area contributed by atoms with Crippen LogP contribution in [0.1, 0.15) is 26.7 Å². The lowest BCUT2D eigenvalue weighted by Gasteiger charge is -2.16. The molecule has 0 amide bonds. The Bertz CT molecular complexity index is 297. The van der Waals surface area contributed by atoms with Gasteiger partial charge >= 0.3 is 11.9 Å². The Morgan fingerprint density at radius 3 is 1.67 bits per heavy atom. The zero-order valence-electron chi connectivity index (χ0n) is 10.6. The third kappa shape index (κ3) is 2.64. The zero-order chi connectivity index (χ0) is 13.1. The number of carbonyl (C=O) groups excluding carboxylic acids is 2. The predicted octanol–water partition coefficient (Wildman–Crippen LogP) is 0.428. The average Bonchev–Trinajstić information content (AvgIpc) is 2.93. The van der Waals surface area contributed by atoms with E-state index in [1.54, 1.807) is 13.8 Å². The SMILES string of the molecule is CCC(=O)O[C@H]1CO[C@H]2[C@@H]1OC[C@H]2OC(=O)CC. The highest BCUT2D eigenvalue weighted by Gasteiger charge is 2.50. The molecule has 102 valence electrons. The van der Waals surface area contributed by atoms with Crippen LogP contribution in [-0.2, 0) is 28.5 Å². The van der Waals surface area contributed by atoms with Gasteiger partial charge in [-0.2, -0.15) is 0 Å². The van der Waals surface area contributed by atoms with E-state index in [2.05, 4.69) is 0 Å². The van der Waals surface area contributed by atoms with Crippen LogP contribution in [0.2, 0.25) is 0 Å². The monoisotopic (exact) mass is 258 g/mol. The minimum absolute atomic E-state index is 0.276. The summed E-state index contributed by atoms with van der Waals surface area (Å²) in [6, 6.07) is 0. The molecule has 0 N–H and O–H groups in total. The second-order valence-corrected chi connectivity index (χ2v) is 4.36. The van der Waals surface area contributed by atoms with E-state index >= 15 is 0 Å². The molecule has 6 nitrogen and oxygen atoms in total. The molecule has 0 aliphatic carbocycles. The molecule has 0 saturated carbocycles. The van der Waals surface area contributed by atoms with E-state index < -0.39 is 12.2 Å². The molecule has 2 heterocycles. The van der Waals surface area contributed by atoms with Crippen LogP contribution in [0, 0.1) is 0 Å². The van der Waals surface area contributed by atoms with E-state index in [1.165, 1.54) is 0 Å². The second kappa shape index (κ2) is 5.67. The fraction of sp³-hybridized carbons (Fsp3) is 0.833. The van der Waals surface area contributed by atoms with Crippen molar-refractivity contribution in [2.75, 3.05) is 13.2 Å². The summed E-state index contributed by atoms with van der Waals surface area (Å²) in [5.74, 6) is -0.552. The number of rotatable bonds is 4. The van der Waals surface area contributed by atoms with Crippen LogP contribution in [0.5, 0.6) is 0 Å². The topological polar surface area (TPSA) is 71.1 Å². The molecule has 0 aromatic rings. The van der Waals surface area contributed by atoms with E-state index in [1.807, 2.05) is 0 Å². The number of hydrogen-bond donors (Lipinski definition) is 0. The highest BCUT2D eigenvalue weighted by molar-refractivity contribution is 5.69. The highest BCUT2D eigenvalue weighted by atomic mass is 16.7. The minimum atomic E-state index is -0.396. The lowest BCUT2D eigenvalue weighted by Crippen LogP contribution is -2.35. The van der Waals surface area contributed by atoms with Crippen LogP contribution in [-0.4, -0.2) is 49.6 Å². The summed E-state index contributed by atoms with van der Waals surface area (Å²) in [6.07, 6.45) is -0.796. The fourth-order valence-corrected chi connectivity index (χ4v) is 2.14. The largest absolute Gasteiger partial charge is 0.457 e. The lowest BCUT2D eigenvalue weighted by atomic mass is 10.1. The van der Waals surface area contributed by atoms with Gasteiger partial charge in [-0.25, -0.2) is 0 Å². The standard InChI is InChI=1S/C12H18O6/c1-3-9(13)17-7-5-15-12-8(6-16-11(7)12)18-10(14)4-2/h7-8,11-12H,3-6H2,1-2H3/t7-,8+,11-,12-/m1/s1. The van der Waals surface area contributed by atoms with Crippen LogP contribution in [0.25, 0.3) is 0 Å². The van der Waals surface area contributed by atoms with Gasteiger partial charge in [-0.15, -0.1) is 0 Å². The highest BCUT2D eigenvalue weighted by Crippen LogP contribution is 2.30. The molecule has 2 aliphatic heterocycles. The molecular formula is C12H18O6. The summed E-state index contributed by atoms with van der Waals surface area (Å²) in [5.41, 5.74) is 0. The Morgan fingerprint density at radius 1 is 0.944 bits per heavy atom. The molecule has 0 unspecified atom stereocenters. The first-order valence-corrected chi connectivity index (χ1v) is 6.27. The van der Waals surface area contributed by atoms with Crippen molar-refractivity contribution in [2.45, 2.75) is 51.1 Å². The van der Waals surface area contributed by atoms with Crippen LogP contribution in [0.15, 0.2) is 0 Å². The zero-order valence-corrected chi connectivity index (χ0v) is 10.6. The van der Waals surface area contributed by atoms with Gasteiger partial charge in [0.2, 0.25) is 0 Å². The number of fused-ring (bicyclic) bond motifs is 1. The van der Waals surface area contributed by atoms with Gasteiger partial charge in [0.1, 0.15) is 12.2 Å². The third-order valence-corrected chi connectivity index (χ3v) is 3.11. The van der Waals surface area contributed by atoms with Crippen molar-refractivity contribution in [3.8, 4) is 0 Å². The summed E-state index contributed by atoms with van der Waals surface area (Å²) in [7, 11) is 0. The fourth-order valence-electron chi connectivity index (χ4n) is 2.14. The van der Waals surface area contributed by atoms with Gasteiger partial charge in [0.25, 0.3) is 0 Å². The first-order chi connectivity index (χ1) is 8.65. The maximum absolute atomic E-state index is 11.2. The van der Waals surface area contributed by atoms with Crippen molar-refractivity contribution in [1.29, 1.82) is 0 Å². The van der Waals surface area contributed by atoms with Gasteiger partial charge in [-0.3, -0.25) is 9.59 Å². The maximum atomic E-state index is 11.2. The smallest absolute Gasteiger partial charge is 0.305 e. The molecule has 18 heavy (non-hydrogen) atoms. The molecule has 0 aromatic carbocycles. The molecule has 2 rings (SSSR count). The number of ether oxygens (including phenoxy) is 4. The van der Waals surface area contributed by atoms with Crippen molar-refractivity contribution in [3.05, 3.63) is 0 Å². The van der Waals surface area contributed by atoms with Crippen LogP contribution < -0.4 is 0 Å². The number of esters is 2. The quantitative estimate of drug-likeness (QED) is 0.681. The Hall–Kier alpha value is -1.14. The lowest BCUT2D eigenvalue weighted by molar-refractivity contribution is -0.154. The summed E-state index contributed by atoms with van der Waals surface area (Å²) >= 11 is 0. The number of hydrogen-bond acceptors (Lipinski definition) is 6. The van der Waals surface area contributed by atoms with Gasteiger partial charge < -0.3 is 18.9 Å². The average molecular weight is 258 g/mol. The van der Waals surface area contributed by atoms with Crippen molar-refractivity contribution in [2.24, 2.45) is 0 Å². The second-order valence-electron chi connectivity index (χ2n) is 4.36. The summed E-state index contributed by atoms with van der Waals surface area (Å²) in [5, 5.41) is 0. The molecule has 4 atom stereocenters. The van der Waals surface area contributed by atoms with Crippen molar-refractivity contribution in [3.63, 3.8) is 0 Å². The maximum Gasteiger partial charge on any atom is 0.305 e. The van der Waals surface area contributed by atoms with Gasteiger partial charge in [0.05, 0.1) is 13.2 Å². The van der Waals surface area contributed by atoms with Gasteiger partial charge in [-0.1, -0.05) is 13.8 Å². The molecule has 2 saturated heterocycles. The number of carbonyl (C=O) groups is 2. The molecule has 2 fully saturated rings. The molecule has 0 bridgehead atoms. The van der Waals surface area contributed by atoms with Crippen molar-refractivity contribution in [1.82, 2.24) is 0 Å². The molecule has 0 spiro atoms. The van der Waals surface area contributed by atoms with Crippen molar-refractivity contribution < 1.29 is 28.5 Å². The van der Waals surface area contributed by atoms with Crippen LogP contribution >= 0.6 is 0 Å². The third-order valence-electron chi connectivity index (χ3n) is 3.11. The summed E-state index contributed by atoms with van der Waals surface area (Å²) < 4.78 is 21.5. The van der Waals surface area contributed by atoms with Crippen molar-refractivity contribution >= 4 is 11.9 Å². The van der Waals surface area contributed by atoms with E-state index in [0.29, 0.717) is 26.1 Å². The molecular weight excluding hydrogens is 240 g/mol. The summed E-state index contributed by atoms with van der Waals surface area (Å²) in [6.45, 7) is 4.05. The minimum Gasteiger partial charge on any atom is -0.457 e. The molecule has 0 radical (unpaired) electrons. The van der Waals surface area contributed by atoms with Gasteiger partial charge in [0, 0.05) is 12.8 Å². The molecule has 0 aromatic heterocycles. The summed E-state index contributed by atoms with van der Waals surface area (Å²) in [4.78, 5) is 22.5. The van der Waals surface area contributed by atoms with E-state index in [9.17, 15) is 9.59 Å².